The van der Waals surface area contributed by atoms with Gasteiger partial charge in [0.15, 0.2) is 0 Å². The topological polar surface area (TPSA) is 80.9 Å². The molecule has 0 aliphatic rings. The maximum Gasteiger partial charge on any atom is 0.411 e. The summed E-state index contributed by atoms with van der Waals surface area (Å²) in [5, 5.41) is 29.1. The van der Waals surface area contributed by atoms with E-state index in [4.69, 9.17) is 20.4 Å². The number of aliphatic hydroxyl groups is 4. The Bertz CT molecular complexity index is 216. The summed E-state index contributed by atoms with van der Waals surface area (Å²) in [4.78, 5) is 0. The summed E-state index contributed by atoms with van der Waals surface area (Å²) in [6.07, 6.45) is -17.6. The Hall–Kier alpha value is -0.117. The van der Waals surface area contributed by atoms with E-state index >= 15 is 0 Å². The number of rotatable bonds is 0. The van der Waals surface area contributed by atoms with Crippen molar-refractivity contribution in [3.63, 3.8) is 0 Å². The predicted molar refractivity (Wildman–Crippen MR) is 52.6 cm³/mol. The summed E-state index contributed by atoms with van der Waals surface area (Å²) in [6, 6.07) is 0. The Morgan fingerprint density at radius 3 is 0.400 bits per heavy atom. The van der Waals surface area contributed by atoms with Crippen LogP contribution in [0.25, 0.3) is 0 Å². The minimum Gasteiger partial charge on any atom is -0.387 e. The second-order valence-corrected chi connectivity index (χ2v) is 3.09. The largest absolute Gasteiger partial charge is 0.411 e. The molecule has 156 valence electrons. The molecule has 0 heterocycles. The summed E-state index contributed by atoms with van der Waals surface area (Å²) >= 11 is 0. The molecule has 0 atom stereocenters. The zero-order valence-electron chi connectivity index (χ0n) is 11.7. The fraction of sp³-hybridized carbons (Fsp3) is 1.00. The molecule has 0 saturated heterocycles. The normalized spacial score (nSPS) is 11.5. The van der Waals surface area contributed by atoms with Crippen LogP contribution in [-0.4, -0.2) is 71.6 Å². The van der Waals surface area contributed by atoms with E-state index < -0.39 is 51.1 Å². The van der Waals surface area contributed by atoms with Gasteiger partial charge in [-0.15, -0.1) is 0 Å². The zero-order valence-corrected chi connectivity index (χ0v) is 14.1. The van der Waals surface area contributed by atoms with Crippen LogP contribution in [0.5, 0.6) is 0 Å². The van der Waals surface area contributed by atoms with E-state index in [1.165, 1.54) is 0 Å². The number of alkyl halides is 12. The summed E-state index contributed by atoms with van der Waals surface area (Å²) in [5.74, 6) is 0. The Labute approximate surface area is 151 Å². The van der Waals surface area contributed by atoms with Gasteiger partial charge in [0.2, 0.25) is 0 Å². The van der Waals surface area contributed by atoms with E-state index in [1.54, 1.807) is 0 Å². The van der Waals surface area contributed by atoms with E-state index in [2.05, 4.69) is 0 Å². The Morgan fingerprint density at radius 1 is 0.360 bits per heavy atom. The second-order valence-electron chi connectivity index (χ2n) is 3.09. The first-order valence-electron chi connectivity index (χ1n) is 4.95. The van der Waals surface area contributed by atoms with Gasteiger partial charge in [-0.25, -0.2) is 0 Å². The first-order chi connectivity index (χ1) is 10.2. The monoisotopic (exact) mass is 490 g/mol. The summed E-state index contributed by atoms with van der Waals surface area (Å²) in [5.41, 5.74) is 0. The Morgan fingerprint density at radius 2 is 0.400 bits per heavy atom. The van der Waals surface area contributed by atoms with Crippen molar-refractivity contribution in [1.29, 1.82) is 0 Å². The fourth-order valence-electron chi connectivity index (χ4n) is 0. The van der Waals surface area contributed by atoms with Gasteiger partial charge >= 0.3 is 24.7 Å². The summed E-state index contributed by atoms with van der Waals surface area (Å²) in [6.45, 7) is -6.92. The van der Waals surface area contributed by atoms with Crippen LogP contribution in [0.3, 0.4) is 0 Å². The van der Waals surface area contributed by atoms with E-state index in [9.17, 15) is 52.7 Å². The van der Waals surface area contributed by atoms with Crippen molar-refractivity contribution in [2.24, 2.45) is 0 Å². The van der Waals surface area contributed by atoms with Gasteiger partial charge in [0.1, 0.15) is 26.4 Å². The average molecular weight is 491 g/mol. The van der Waals surface area contributed by atoms with Crippen molar-refractivity contribution in [1.82, 2.24) is 0 Å². The quantitative estimate of drug-likeness (QED) is 0.392. The van der Waals surface area contributed by atoms with Crippen LogP contribution in [0.2, 0.25) is 0 Å². The molecule has 25 heavy (non-hydrogen) atoms. The van der Waals surface area contributed by atoms with Gasteiger partial charge in [-0.3, -0.25) is 0 Å². The van der Waals surface area contributed by atoms with E-state index in [0.29, 0.717) is 0 Å². The maximum atomic E-state index is 10.5. The minimum absolute atomic E-state index is 0. The van der Waals surface area contributed by atoms with Crippen LogP contribution in [0, 0.1) is 0 Å². The number of hydrogen-bond acceptors (Lipinski definition) is 4. The average Bonchev–Trinajstić information content (AvgIpc) is 2.37. The summed E-state index contributed by atoms with van der Waals surface area (Å²) in [7, 11) is 0. The molecule has 0 amide bonds. The van der Waals surface area contributed by atoms with Crippen LogP contribution in [0.15, 0.2) is 0 Å². The van der Waals surface area contributed by atoms with Crippen molar-refractivity contribution in [3.8, 4) is 0 Å². The van der Waals surface area contributed by atoms with Crippen molar-refractivity contribution >= 4 is 0 Å². The van der Waals surface area contributed by atoms with Crippen molar-refractivity contribution < 1.29 is 99.3 Å². The molecule has 0 bridgehead atoms. The van der Waals surface area contributed by atoms with Crippen LogP contribution in [0.4, 0.5) is 52.7 Å². The molecule has 0 spiro atoms. The van der Waals surface area contributed by atoms with Crippen LogP contribution < -0.4 is 0 Å². The van der Waals surface area contributed by atoms with Gasteiger partial charge in [0, 0.05) is 26.2 Å². The molecule has 0 saturated carbocycles. The van der Waals surface area contributed by atoms with Gasteiger partial charge in [0.25, 0.3) is 0 Å². The van der Waals surface area contributed by atoms with Crippen LogP contribution >= 0.6 is 0 Å². The molecule has 4 nitrogen and oxygen atoms in total. The first-order valence-corrected chi connectivity index (χ1v) is 4.95. The number of halogens is 12. The van der Waals surface area contributed by atoms with E-state index in [1.807, 2.05) is 0 Å². The molecule has 17 heteroatoms. The molecular formula is C8H12F12O4Zr. The van der Waals surface area contributed by atoms with Gasteiger partial charge in [0.05, 0.1) is 0 Å². The smallest absolute Gasteiger partial charge is 0.387 e. The molecule has 4 N–H and O–H groups in total. The molecule has 0 rings (SSSR count). The number of hydrogen-bond donors (Lipinski definition) is 4. The molecule has 0 aliphatic carbocycles. The van der Waals surface area contributed by atoms with Crippen LogP contribution in [0.1, 0.15) is 0 Å². The minimum atomic E-state index is -4.40. The van der Waals surface area contributed by atoms with Crippen molar-refractivity contribution in [2.75, 3.05) is 26.4 Å². The van der Waals surface area contributed by atoms with Gasteiger partial charge in [-0.05, 0) is 0 Å². The predicted octanol–water partition coefficient (Wildman–Crippen LogP) is 2.16. The van der Waals surface area contributed by atoms with Crippen LogP contribution in [-0.2, 0) is 26.2 Å². The summed E-state index contributed by atoms with van der Waals surface area (Å²) < 4.78 is 126. The van der Waals surface area contributed by atoms with Gasteiger partial charge in [-0.2, -0.15) is 52.7 Å². The van der Waals surface area contributed by atoms with Crippen molar-refractivity contribution in [3.05, 3.63) is 0 Å². The zero-order chi connectivity index (χ0) is 20.8. The van der Waals surface area contributed by atoms with E-state index in [-0.39, 0.29) is 26.2 Å². The Balaban J connectivity index is -0.0000000702. The third-order valence-electron chi connectivity index (χ3n) is 0.717. The standard InChI is InChI=1S/4C2H3F3O.Zr/c4*3-2(4,5)1-6;/h4*6H,1H2;. The first kappa shape index (κ1) is 35.9. The molecule has 0 aromatic heterocycles. The maximum absolute atomic E-state index is 10.5. The molecule has 0 aromatic rings. The Kier molecular flexibility index (Phi) is 23.1. The third-order valence-corrected chi connectivity index (χ3v) is 0.717. The number of aliphatic hydroxyl groups excluding tert-OH is 4. The molecule has 0 unspecified atom stereocenters. The molecule has 0 radical (unpaired) electrons. The van der Waals surface area contributed by atoms with Gasteiger partial charge < -0.3 is 20.4 Å². The molecular weight excluding hydrogens is 479 g/mol. The second kappa shape index (κ2) is 16.1. The molecule has 0 fully saturated rings. The SMILES string of the molecule is OCC(F)(F)F.OCC(F)(F)F.OCC(F)(F)F.OCC(F)(F)F.[Zr]. The third kappa shape index (κ3) is 81.0. The van der Waals surface area contributed by atoms with Gasteiger partial charge in [-0.1, -0.05) is 0 Å². The fourth-order valence-corrected chi connectivity index (χ4v) is 0. The molecule has 0 aliphatic heterocycles. The van der Waals surface area contributed by atoms with Crippen molar-refractivity contribution in [2.45, 2.75) is 24.7 Å². The molecule has 0 aromatic carbocycles. The van der Waals surface area contributed by atoms with E-state index in [0.717, 1.165) is 0 Å².